The topological polar surface area (TPSA) is 29.5 Å². The average molecular weight is 276 g/mol. The maximum Gasteiger partial charge on any atom is 0.257 e. The summed E-state index contributed by atoms with van der Waals surface area (Å²) < 4.78 is 5.15. The Morgan fingerprint density at radius 2 is 2.18 bits per heavy atom. The molecule has 1 atom stereocenters. The standard InChI is InChI=1S/C12H15Cl2NO2/c1-8(7-13)15(2)12(16)10-6-9(14)4-5-11(10)17-3/h4-6,8H,7H2,1-3H3. The summed E-state index contributed by atoms with van der Waals surface area (Å²) in [6, 6.07) is 4.91. The number of nitrogens with zero attached hydrogens (tertiary/aromatic N) is 1. The lowest BCUT2D eigenvalue weighted by Gasteiger charge is -2.24. The zero-order valence-corrected chi connectivity index (χ0v) is 11.5. The number of methoxy groups -OCH3 is 1. The van der Waals surface area contributed by atoms with Gasteiger partial charge in [0.25, 0.3) is 5.91 Å². The molecule has 0 spiro atoms. The van der Waals surface area contributed by atoms with Gasteiger partial charge in [0.2, 0.25) is 0 Å². The third-order valence-corrected chi connectivity index (χ3v) is 3.28. The van der Waals surface area contributed by atoms with Crippen LogP contribution in [0, 0.1) is 0 Å². The third kappa shape index (κ3) is 3.27. The first kappa shape index (κ1) is 14.1. The number of hydrogen-bond acceptors (Lipinski definition) is 2. The highest BCUT2D eigenvalue weighted by molar-refractivity contribution is 6.31. The summed E-state index contributed by atoms with van der Waals surface area (Å²) in [6.07, 6.45) is 0. The van der Waals surface area contributed by atoms with Crippen LogP contribution in [0.2, 0.25) is 5.02 Å². The summed E-state index contributed by atoms with van der Waals surface area (Å²) in [5.74, 6) is 0.732. The second-order valence-corrected chi connectivity index (χ2v) is 4.51. The van der Waals surface area contributed by atoms with Crippen LogP contribution in [0.25, 0.3) is 0 Å². The molecule has 0 heterocycles. The highest BCUT2D eigenvalue weighted by atomic mass is 35.5. The van der Waals surface area contributed by atoms with Crippen molar-refractivity contribution in [3.63, 3.8) is 0 Å². The summed E-state index contributed by atoms with van der Waals surface area (Å²) >= 11 is 11.6. The summed E-state index contributed by atoms with van der Waals surface area (Å²) in [4.78, 5) is 13.8. The molecule has 5 heteroatoms. The van der Waals surface area contributed by atoms with Gasteiger partial charge in [-0.3, -0.25) is 4.79 Å². The smallest absolute Gasteiger partial charge is 0.257 e. The van der Waals surface area contributed by atoms with Gasteiger partial charge in [0.1, 0.15) is 5.75 Å². The van der Waals surface area contributed by atoms with Gasteiger partial charge in [-0.05, 0) is 25.1 Å². The van der Waals surface area contributed by atoms with Gasteiger partial charge < -0.3 is 9.64 Å². The fourth-order valence-electron chi connectivity index (χ4n) is 1.34. The van der Waals surface area contributed by atoms with Crippen molar-refractivity contribution in [1.82, 2.24) is 4.90 Å². The van der Waals surface area contributed by atoms with E-state index in [4.69, 9.17) is 27.9 Å². The molecule has 0 N–H and O–H groups in total. The van der Waals surface area contributed by atoms with Gasteiger partial charge in [-0.15, -0.1) is 11.6 Å². The lowest BCUT2D eigenvalue weighted by atomic mass is 10.1. The van der Waals surface area contributed by atoms with E-state index in [0.717, 1.165) is 0 Å². The normalized spacial score (nSPS) is 12.1. The van der Waals surface area contributed by atoms with Crippen LogP contribution in [-0.4, -0.2) is 36.9 Å². The van der Waals surface area contributed by atoms with Crippen LogP contribution in [0.15, 0.2) is 18.2 Å². The highest BCUT2D eigenvalue weighted by Crippen LogP contribution is 2.24. The van der Waals surface area contributed by atoms with E-state index < -0.39 is 0 Å². The molecule has 0 saturated heterocycles. The minimum absolute atomic E-state index is 0.0483. The van der Waals surface area contributed by atoms with E-state index >= 15 is 0 Å². The Hall–Kier alpha value is -0.930. The molecule has 94 valence electrons. The molecule has 0 aliphatic heterocycles. The van der Waals surface area contributed by atoms with Crippen LogP contribution in [0.5, 0.6) is 5.75 Å². The molecule has 1 aromatic carbocycles. The van der Waals surface area contributed by atoms with Crippen molar-refractivity contribution < 1.29 is 9.53 Å². The predicted octanol–water partition coefficient (Wildman–Crippen LogP) is 3.05. The maximum absolute atomic E-state index is 12.2. The fourth-order valence-corrected chi connectivity index (χ4v) is 1.72. The molecule has 1 unspecified atom stereocenters. The van der Waals surface area contributed by atoms with E-state index in [1.54, 1.807) is 30.1 Å². The first-order valence-electron chi connectivity index (χ1n) is 5.18. The van der Waals surface area contributed by atoms with Gasteiger partial charge in [-0.2, -0.15) is 0 Å². The zero-order chi connectivity index (χ0) is 13.0. The Labute approximate surface area is 111 Å². The first-order chi connectivity index (χ1) is 8.01. The van der Waals surface area contributed by atoms with Crippen LogP contribution < -0.4 is 4.74 Å². The van der Waals surface area contributed by atoms with Crippen LogP contribution in [0.4, 0.5) is 0 Å². The van der Waals surface area contributed by atoms with Gasteiger partial charge in [0.05, 0.1) is 12.7 Å². The molecule has 0 fully saturated rings. The van der Waals surface area contributed by atoms with E-state index in [2.05, 4.69) is 0 Å². The van der Waals surface area contributed by atoms with Gasteiger partial charge >= 0.3 is 0 Å². The lowest BCUT2D eigenvalue weighted by Crippen LogP contribution is -2.36. The SMILES string of the molecule is COc1ccc(Cl)cc1C(=O)N(C)C(C)CCl. The fraction of sp³-hybridized carbons (Fsp3) is 0.417. The van der Waals surface area contributed by atoms with E-state index in [0.29, 0.717) is 22.2 Å². The Balaban J connectivity index is 3.06. The number of alkyl halides is 1. The second-order valence-electron chi connectivity index (χ2n) is 3.76. The van der Waals surface area contributed by atoms with Crippen LogP contribution in [0.3, 0.4) is 0 Å². The van der Waals surface area contributed by atoms with Crippen molar-refractivity contribution in [2.24, 2.45) is 0 Å². The quantitative estimate of drug-likeness (QED) is 0.791. The minimum atomic E-state index is -0.155. The molecule has 0 bridgehead atoms. The molecular formula is C12H15Cl2NO2. The number of amides is 1. The van der Waals surface area contributed by atoms with Crippen molar-refractivity contribution in [1.29, 1.82) is 0 Å². The van der Waals surface area contributed by atoms with Gasteiger partial charge in [-0.25, -0.2) is 0 Å². The highest BCUT2D eigenvalue weighted by Gasteiger charge is 2.20. The summed E-state index contributed by atoms with van der Waals surface area (Å²) in [7, 11) is 3.22. The maximum atomic E-state index is 12.2. The van der Waals surface area contributed by atoms with Crippen molar-refractivity contribution in [2.45, 2.75) is 13.0 Å². The molecule has 0 aliphatic carbocycles. The monoisotopic (exact) mass is 275 g/mol. The Morgan fingerprint density at radius 3 is 2.71 bits per heavy atom. The number of halogens is 2. The lowest BCUT2D eigenvalue weighted by molar-refractivity contribution is 0.0753. The van der Waals surface area contributed by atoms with Crippen LogP contribution in [-0.2, 0) is 0 Å². The van der Waals surface area contributed by atoms with Gasteiger partial charge in [-0.1, -0.05) is 11.6 Å². The third-order valence-electron chi connectivity index (χ3n) is 2.60. The number of carbonyl (C=O) groups excluding carboxylic acids is 1. The van der Waals surface area contributed by atoms with Crippen molar-refractivity contribution in [3.05, 3.63) is 28.8 Å². The molecule has 1 rings (SSSR count). The van der Waals surface area contributed by atoms with Crippen LogP contribution in [0.1, 0.15) is 17.3 Å². The molecule has 0 radical (unpaired) electrons. The number of carbonyl (C=O) groups is 1. The Morgan fingerprint density at radius 1 is 1.53 bits per heavy atom. The Bertz CT molecular complexity index is 409. The van der Waals surface area contributed by atoms with E-state index in [1.165, 1.54) is 7.11 Å². The average Bonchev–Trinajstić information content (AvgIpc) is 2.35. The minimum Gasteiger partial charge on any atom is -0.496 e. The van der Waals surface area contributed by atoms with E-state index in [1.807, 2.05) is 6.92 Å². The van der Waals surface area contributed by atoms with Gasteiger partial charge in [0.15, 0.2) is 0 Å². The summed E-state index contributed by atoms with van der Waals surface area (Å²) in [5, 5.41) is 0.501. The van der Waals surface area contributed by atoms with Crippen molar-refractivity contribution in [2.75, 3.05) is 20.0 Å². The van der Waals surface area contributed by atoms with Gasteiger partial charge in [0, 0.05) is 24.0 Å². The molecule has 17 heavy (non-hydrogen) atoms. The molecule has 1 amide bonds. The van der Waals surface area contributed by atoms with Crippen molar-refractivity contribution >= 4 is 29.1 Å². The number of hydrogen-bond donors (Lipinski definition) is 0. The molecule has 3 nitrogen and oxygen atoms in total. The second kappa shape index (κ2) is 6.12. The van der Waals surface area contributed by atoms with Crippen LogP contribution >= 0.6 is 23.2 Å². The predicted molar refractivity (Wildman–Crippen MR) is 70.3 cm³/mol. The van der Waals surface area contributed by atoms with E-state index in [-0.39, 0.29) is 11.9 Å². The molecule has 0 aromatic heterocycles. The number of benzene rings is 1. The molecule has 0 aliphatic rings. The van der Waals surface area contributed by atoms with E-state index in [9.17, 15) is 4.79 Å². The van der Waals surface area contributed by atoms with Crippen molar-refractivity contribution in [3.8, 4) is 5.75 Å². The number of rotatable bonds is 4. The molecular weight excluding hydrogens is 261 g/mol. The largest absolute Gasteiger partial charge is 0.496 e. The summed E-state index contributed by atoms with van der Waals surface area (Å²) in [6.45, 7) is 1.88. The molecule has 0 saturated carbocycles. The molecule has 1 aromatic rings. The Kier molecular flexibility index (Phi) is 5.09. The first-order valence-corrected chi connectivity index (χ1v) is 6.09. The summed E-state index contributed by atoms with van der Waals surface area (Å²) in [5.41, 5.74) is 0.444. The number of ether oxygens (including phenoxy) is 1. The zero-order valence-electron chi connectivity index (χ0n) is 10.0.